The minimum atomic E-state index is -0.911. The molecule has 0 fully saturated rings. The van der Waals surface area contributed by atoms with Gasteiger partial charge in [0.05, 0.1) is 6.42 Å². The largest absolute Gasteiger partial charge is 0.481 e. The molecule has 0 spiro atoms. The number of benzene rings is 2. The Morgan fingerprint density at radius 1 is 0.914 bits per heavy atom. The fourth-order valence-corrected chi connectivity index (χ4v) is 4.59. The van der Waals surface area contributed by atoms with Gasteiger partial charge in [0, 0.05) is 31.0 Å². The van der Waals surface area contributed by atoms with Gasteiger partial charge in [-0.25, -0.2) is 4.79 Å². The summed E-state index contributed by atoms with van der Waals surface area (Å²) in [6.07, 6.45) is 2.07. The number of carboxylic acid groups (broad SMARTS) is 1. The Morgan fingerprint density at radius 2 is 1.51 bits per heavy atom. The minimum absolute atomic E-state index is 0.0334. The van der Waals surface area contributed by atoms with Gasteiger partial charge in [0.1, 0.15) is 6.61 Å². The van der Waals surface area contributed by atoms with E-state index in [0.29, 0.717) is 19.4 Å². The van der Waals surface area contributed by atoms with E-state index in [1.807, 2.05) is 45.0 Å². The maximum atomic E-state index is 12.6. The lowest BCUT2D eigenvalue weighted by molar-refractivity contribution is -0.140. The fourth-order valence-electron chi connectivity index (χ4n) is 4.59. The van der Waals surface area contributed by atoms with Crippen LogP contribution >= 0.6 is 0 Å². The summed E-state index contributed by atoms with van der Waals surface area (Å²) >= 11 is 0. The van der Waals surface area contributed by atoms with Crippen LogP contribution < -0.4 is 5.32 Å². The zero-order valence-corrected chi connectivity index (χ0v) is 20.9. The third-order valence-corrected chi connectivity index (χ3v) is 6.34. The van der Waals surface area contributed by atoms with Gasteiger partial charge in [-0.1, -0.05) is 55.0 Å². The van der Waals surface area contributed by atoms with Crippen LogP contribution in [0.4, 0.5) is 4.79 Å². The van der Waals surface area contributed by atoms with Crippen molar-refractivity contribution in [2.45, 2.75) is 64.3 Å². The van der Waals surface area contributed by atoms with Crippen LogP contribution in [0.2, 0.25) is 0 Å². The third-order valence-electron chi connectivity index (χ3n) is 6.34. The van der Waals surface area contributed by atoms with E-state index >= 15 is 0 Å². The molecule has 2 aromatic rings. The van der Waals surface area contributed by atoms with Crippen molar-refractivity contribution in [2.75, 3.05) is 19.7 Å². The highest BCUT2D eigenvalue weighted by Crippen LogP contribution is 2.44. The number of ether oxygens (including phenoxy) is 1. The predicted octanol–water partition coefficient (Wildman–Crippen LogP) is 5.19. The first-order valence-corrected chi connectivity index (χ1v) is 12.3. The summed E-state index contributed by atoms with van der Waals surface area (Å²) in [5, 5.41) is 11.7. The van der Waals surface area contributed by atoms with Gasteiger partial charge in [0.25, 0.3) is 0 Å². The first-order valence-electron chi connectivity index (χ1n) is 12.3. The van der Waals surface area contributed by atoms with Crippen molar-refractivity contribution in [3.63, 3.8) is 0 Å². The maximum Gasteiger partial charge on any atom is 0.407 e. The molecule has 0 heterocycles. The number of nitrogens with one attached hydrogen (secondary N) is 1. The molecule has 2 amide bonds. The molecule has 3 rings (SSSR count). The van der Waals surface area contributed by atoms with E-state index in [1.54, 1.807) is 4.90 Å². The molecule has 7 nitrogen and oxygen atoms in total. The Labute approximate surface area is 207 Å². The third kappa shape index (κ3) is 7.07. The van der Waals surface area contributed by atoms with Crippen LogP contribution in [0.3, 0.4) is 0 Å². The molecule has 0 aromatic heterocycles. The summed E-state index contributed by atoms with van der Waals surface area (Å²) in [6.45, 7) is 6.70. The average molecular weight is 481 g/mol. The minimum Gasteiger partial charge on any atom is -0.481 e. The Bertz CT molecular complexity index is 998. The molecule has 0 bridgehead atoms. The number of carbonyl (C=O) groups is 3. The second kappa shape index (κ2) is 11.9. The molecule has 188 valence electrons. The molecular formula is C28H36N2O5. The molecule has 2 aromatic carbocycles. The van der Waals surface area contributed by atoms with Crippen LogP contribution in [0.5, 0.6) is 0 Å². The van der Waals surface area contributed by atoms with Crippen LogP contribution in [-0.4, -0.2) is 53.2 Å². The molecule has 7 heteroatoms. The molecule has 0 unspecified atom stereocenters. The number of amides is 2. The zero-order valence-electron chi connectivity index (χ0n) is 20.9. The van der Waals surface area contributed by atoms with Gasteiger partial charge in [-0.3, -0.25) is 9.59 Å². The number of hydrogen-bond donors (Lipinski definition) is 2. The van der Waals surface area contributed by atoms with Crippen molar-refractivity contribution < 1.29 is 24.2 Å². The van der Waals surface area contributed by atoms with E-state index in [4.69, 9.17) is 9.84 Å². The highest BCUT2D eigenvalue weighted by Gasteiger charge is 2.29. The predicted molar refractivity (Wildman–Crippen MR) is 135 cm³/mol. The van der Waals surface area contributed by atoms with Gasteiger partial charge in [0.2, 0.25) is 5.91 Å². The number of carboxylic acids is 1. The van der Waals surface area contributed by atoms with Crippen molar-refractivity contribution in [1.29, 1.82) is 0 Å². The van der Waals surface area contributed by atoms with E-state index in [9.17, 15) is 14.4 Å². The van der Waals surface area contributed by atoms with E-state index in [0.717, 1.165) is 12.8 Å². The van der Waals surface area contributed by atoms with E-state index < -0.39 is 17.6 Å². The van der Waals surface area contributed by atoms with Gasteiger partial charge in [0.15, 0.2) is 0 Å². The lowest BCUT2D eigenvalue weighted by atomic mass is 9.98. The number of nitrogens with zero attached hydrogens (tertiary/aromatic N) is 1. The summed E-state index contributed by atoms with van der Waals surface area (Å²) < 4.78 is 5.54. The lowest BCUT2D eigenvalue weighted by Gasteiger charge is -2.35. The van der Waals surface area contributed by atoms with Crippen molar-refractivity contribution >= 4 is 18.0 Å². The number of carbonyl (C=O) groups excluding carboxylic acids is 2. The molecule has 35 heavy (non-hydrogen) atoms. The summed E-state index contributed by atoms with van der Waals surface area (Å²) in [7, 11) is 0. The van der Waals surface area contributed by atoms with Crippen LogP contribution in [0.1, 0.15) is 69.9 Å². The Balaban J connectivity index is 1.36. The molecule has 0 saturated heterocycles. The van der Waals surface area contributed by atoms with E-state index in [1.165, 1.54) is 22.3 Å². The Hall–Kier alpha value is -3.35. The van der Waals surface area contributed by atoms with Crippen molar-refractivity contribution in [1.82, 2.24) is 10.2 Å². The van der Waals surface area contributed by atoms with E-state index in [2.05, 4.69) is 29.6 Å². The average Bonchev–Trinajstić information content (AvgIpc) is 3.12. The zero-order chi connectivity index (χ0) is 25.4. The number of rotatable bonds is 11. The second-order valence-electron chi connectivity index (χ2n) is 9.92. The highest BCUT2D eigenvalue weighted by molar-refractivity contribution is 5.79. The van der Waals surface area contributed by atoms with Crippen LogP contribution in [-0.2, 0) is 14.3 Å². The summed E-state index contributed by atoms with van der Waals surface area (Å²) in [6, 6.07) is 16.4. The molecule has 1 aliphatic rings. The smallest absolute Gasteiger partial charge is 0.407 e. The van der Waals surface area contributed by atoms with Gasteiger partial charge in [-0.15, -0.1) is 0 Å². The summed E-state index contributed by atoms with van der Waals surface area (Å²) in [5.41, 5.74) is 4.33. The molecular weight excluding hydrogens is 444 g/mol. The van der Waals surface area contributed by atoms with Gasteiger partial charge in [-0.2, -0.15) is 0 Å². The topological polar surface area (TPSA) is 95.9 Å². The second-order valence-corrected chi connectivity index (χ2v) is 9.92. The van der Waals surface area contributed by atoms with Crippen LogP contribution in [0.15, 0.2) is 48.5 Å². The molecule has 0 radical (unpaired) electrons. The Kier molecular flexibility index (Phi) is 8.90. The first-order chi connectivity index (χ1) is 16.7. The number of unbranched alkanes of at least 4 members (excludes halogenated alkanes) is 2. The van der Waals surface area contributed by atoms with Gasteiger partial charge >= 0.3 is 12.1 Å². The molecule has 2 N–H and O–H groups in total. The molecule has 0 saturated carbocycles. The molecule has 0 atom stereocenters. The number of fused-ring (bicyclic) bond motifs is 3. The quantitative estimate of drug-likeness (QED) is 0.432. The van der Waals surface area contributed by atoms with Crippen LogP contribution in [0, 0.1) is 0 Å². The Morgan fingerprint density at radius 3 is 2.09 bits per heavy atom. The van der Waals surface area contributed by atoms with Crippen molar-refractivity contribution in [3.05, 3.63) is 59.7 Å². The SMILES string of the molecule is CC(C)(C)N(CCC(=O)O)C(=O)CCCCCNC(=O)OCC1c2ccccc2-c2ccccc21. The van der Waals surface area contributed by atoms with E-state index in [-0.39, 0.29) is 31.4 Å². The van der Waals surface area contributed by atoms with Gasteiger partial charge in [-0.05, 0) is 55.9 Å². The lowest BCUT2D eigenvalue weighted by Crippen LogP contribution is -2.46. The van der Waals surface area contributed by atoms with Gasteiger partial charge < -0.3 is 20.1 Å². The van der Waals surface area contributed by atoms with Crippen LogP contribution in [0.25, 0.3) is 11.1 Å². The fraction of sp³-hybridized carbons (Fsp3) is 0.464. The first kappa shape index (κ1) is 26.3. The summed E-state index contributed by atoms with van der Waals surface area (Å²) in [5.74, 6) is -0.916. The molecule has 1 aliphatic carbocycles. The highest BCUT2D eigenvalue weighted by atomic mass is 16.5. The normalized spacial score (nSPS) is 12.5. The number of alkyl carbamates (subject to hydrolysis) is 1. The monoisotopic (exact) mass is 480 g/mol. The standard InChI is InChI=1S/C28H36N2O5/c1-28(2,3)30(18-16-26(32)33)25(31)15-5-4-10-17-29-27(34)35-19-24-22-13-8-6-11-20(22)21-12-7-9-14-23(21)24/h6-9,11-14,24H,4-5,10,15-19H2,1-3H3,(H,29,34)(H,32,33). The van der Waals surface area contributed by atoms with Crippen molar-refractivity contribution in [3.8, 4) is 11.1 Å². The maximum absolute atomic E-state index is 12.6. The van der Waals surface area contributed by atoms with Crippen molar-refractivity contribution in [2.24, 2.45) is 0 Å². The summed E-state index contributed by atoms with van der Waals surface area (Å²) in [4.78, 5) is 37.3. The number of hydrogen-bond acceptors (Lipinski definition) is 4. The molecule has 0 aliphatic heterocycles. The number of aliphatic carboxylic acids is 1.